The second-order valence-electron chi connectivity index (χ2n) is 4.16. The largest absolute Gasteiger partial charge is 0.480 e. The minimum absolute atomic E-state index is 0.0815. The number of ketones is 2. The lowest BCUT2D eigenvalue weighted by Gasteiger charge is -2.08. The van der Waals surface area contributed by atoms with Gasteiger partial charge in [-0.2, -0.15) is 0 Å². The van der Waals surface area contributed by atoms with Gasteiger partial charge in [0, 0.05) is 16.0 Å². The highest BCUT2D eigenvalue weighted by Crippen LogP contribution is 2.35. The molecule has 7 heteroatoms. The first-order valence-electron chi connectivity index (χ1n) is 5.67. The number of aliphatic carboxylic acids is 1. The van der Waals surface area contributed by atoms with Crippen LogP contribution in [0.15, 0.2) is 17.5 Å². The molecule has 2 aromatic heterocycles. The standard InChI is InChI=1S/C13H8O5S2/c14-9(15)5-18-4-6-3-8-10(16)7-1-2-19-12(7)11(17)13(8)20-6/h1-3H,4-5H2,(H,14,15). The maximum absolute atomic E-state index is 12.2. The highest BCUT2D eigenvalue weighted by atomic mass is 32.1. The Balaban J connectivity index is 1.89. The van der Waals surface area contributed by atoms with E-state index in [0.29, 0.717) is 25.8 Å². The molecule has 1 N–H and O–H groups in total. The lowest BCUT2D eigenvalue weighted by atomic mass is 9.95. The topological polar surface area (TPSA) is 80.7 Å². The zero-order valence-corrected chi connectivity index (χ0v) is 11.7. The number of fused-ring (bicyclic) bond motifs is 2. The van der Waals surface area contributed by atoms with E-state index in [1.54, 1.807) is 17.5 Å². The van der Waals surface area contributed by atoms with Crippen LogP contribution >= 0.6 is 22.7 Å². The number of carbonyl (C=O) groups excluding carboxylic acids is 2. The number of thiophene rings is 2. The van der Waals surface area contributed by atoms with Gasteiger partial charge in [0.1, 0.15) is 6.61 Å². The molecule has 3 rings (SSSR count). The Bertz CT molecular complexity index is 677. The summed E-state index contributed by atoms with van der Waals surface area (Å²) in [5.74, 6) is -1.35. The van der Waals surface area contributed by atoms with Gasteiger partial charge in [-0.15, -0.1) is 22.7 Å². The molecule has 0 unspecified atom stereocenters. The van der Waals surface area contributed by atoms with E-state index in [0.717, 1.165) is 0 Å². The summed E-state index contributed by atoms with van der Waals surface area (Å²) in [5.41, 5.74) is 0.836. The van der Waals surface area contributed by atoms with Crippen LogP contribution in [0, 0.1) is 0 Å². The SMILES string of the molecule is O=C(O)COCc1cc2c(s1)C(=O)c1sccc1C2=O. The zero-order chi connectivity index (χ0) is 14.3. The molecule has 0 aromatic carbocycles. The molecule has 0 radical (unpaired) electrons. The smallest absolute Gasteiger partial charge is 0.329 e. The lowest BCUT2D eigenvalue weighted by molar-refractivity contribution is -0.142. The van der Waals surface area contributed by atoms with Gasteiger partial charge in [0.15, 0.2) is 5.78 Å². The van der Waals surface area contributed by atoms with Crippen LogP contribution in [0.4, 0.5) is 0 Å². The van der Waals surface area contributed by atoms with Gasteiger partial charge in [-0.3, -0.25) is 9.59 Å². The first kappa shape index (κ1) is 13.2. The van der Waals surface area contributed by atoms with Crippen molar-refractivity contribution in [2.24, 2.45) is 0 Å². The lowest BCUT2D eigenvalue weighted by Crippen LogP contribution is -2.15. The molecule has 2 heterocycles. The fourth-order valence-corrected chi connectivity index (χ4v) is 3.94. The third-order valence-corrected chi connectivity index (χ3v) is 4.84. The van der Waals surface area contributed by atoms with Crippen molar-refractivity contribution in [1.82, 2.24) is 0 Å². The van der Waals surface area contributed by atoms with Crippen molar-refractivity contribution in [2.75, 3.05) is 6.61 Å². The molecule has 1 aliphatic rings. The number of hydrogen-bond acceptors (Lipinski definition) is 6. The third-order valence-electron chi connectivity index (χ3n) is 2.82. The van der Waals surface area contributed by atoms with Crippen molar-refractivity contribution in [3.05, 3.63) is 43.3 Å². The van der Waals surface area contributed by atoms with Crippen LogP contribution in [0.1, 0.15) is 35.3 Å². The summed E-state index contributed by atoms with van der Waals surface area (Å²) < 4.78 is 4.98. The fourth-order valence-electron chi connectivity index (χ4n) is 2.00. The highest BCUT2D eigenvalue weighted by molar-refractivity contribution is 7.17. The molecule has 0 saturated heterocycles. The predicted molar refractivity (Wildman–Crippen MR) is 72.8 cm³/mol. The van der Waals surface area contributed by atoms with Crippen LogP contribution in [-0.2, 0) is 16.1 Å². The summed E-state index contributed by atoms with van der Waals surface area (Å²) in [6, 6.07) is 3.27. The summed E-state index contributed by atoms with van der Waals surface area (Å²) in [4.78, 5) is 36.4. The molecule has 0 bridgehead atoms. The van der Waals surface area contributed by atoms with E-state index in [9.17, 15) is 14.4 Å². The maximum atomic E-state index is 12.2. The van der Waals surface area contributed by atoms with E-state index in [4.69, 9.17) is 9.84 Å². The summed E-state index contributed by atoms with van der Waals surface area (Å²) in [6.07, 6.45) is 0. The van der Waals surface area contributed by atoms with E-state index >= 15 is 0 Å². The number of carboxylic acid groups (broad SMARTS) is 1. The Morgan fingerprint density at radius 3 is 2.75 bits per heavy atom. The van der Waals surface area contributed by atoms with Crippen LogP contribution in [0.2, 0.25) is 0 Å². The van der Waals surface area contributed by atoms with Gasteiger partial charge in [-0.25, -0.2) is 4.79 Å². The van der Waals surface area contributed by atoms with Gasteiger partial charge in [-0.05, 0) is 17.5 Å². The molecule has 102 valence electrons. The predicted octanol–water partition coefficient (Wildman–Crippen LogP) is 2.19. The molecule has 1 aliphatic carbocycles. The van der Waals surface area contributed by atoms with Crippen molar-refractivity contribution in [3.63, 3.8) is 0 Å². The summed E-state index contributed by atoms with van der Waals surface area (Å²) >= 11 is 2.44. The summed E-state index contributed by atoms with van der Waals surface area (Å²) in [6.45, 7) is -0.323. The molecule has 2 aromatic rings. The monoisotopic (exact) mass is 308 g/mol. The maximum Gasteiger partial charge on any atom is 0.329 e. The second-order valence-corrected chi connectivity index (χ2v) is 6.22. The number of ether oxygens (including phenoxy) is 1. The first-order chi connectivity index (χ1) is 9.58. The van der Waals surface area contributed by atoms with Gasteiger partial charge in [0.05, 0.1) is 16.4 Å². The van der Waals surface area contributed by atoms with Crippen molar-refractivity contribution in [3.8, 4) is 0 Å². The van der Waals surface area contributed by atoms with Gasteiger partial charge in [-0.1, -0.05) is 0 Å². The van der Waals surface area contributed by atoms with Crippen LogP contribution in [0.25, 0.3) is 0 Å². The Labute approximate surface area is 121 Å². The van der Waals surface area contributed by atoms with Crippen molar-refractivity contribution in [1.29, 1.82) is 0 Å². The van der Waals surface area contributed by atoms with E-state index in [1.165, 1.54) is 22.7 Å². The Morgan fingerprint density at radius 1 is 1.20 bits per heavy atom. The minimum atomic E-state index is -1.05. The Kier molecular flexibility index (Phi) is 3.25. The van der Waals surface area contributed by atoms with E-state index in [-0.39, 0.29) is 18.2 Å². The second kappa shape index (κ2) is 4.93. The van der Waals surface area contributed by atoms with E-state index in [1.807, 2.05) is 0 Å². The van der Waals surface area contributed by atoms with Crippen LogP contribution in [0.5, 0.6) is 0 Å². The van der Waals surface area contributed by atoms with Crippen LogP contribution in [0.3, 0.4) is 0 Å². The van der Waals surface area contributed by atoms with E-state index < -0.39 is 12.6 Å². The van der Waals surface area contributed by atoms with Crippen molar-refractivity contribution in [2.45, 2.75) is 6.61 Å². The van der Waals surface area contributed by atoms with Gasteiger partial charge in [0.2, 0.25) is 5.78 Å². The molecule has 5 nitrogen and oxygen atoms in total. The molecule has 0 aliphatic heterocycles. The average molecular weight is 308 g/mol. The third kappa shape index (κ3) is 2.09. The number of carboxylic acids is 1. The minimum Gasteiger partial charge on any atom is -0.480 e. The molecule has 0 fully saturated rings. The van der Waals surface area contributed by atoms with Crippen LogP contribution in [-0.4, -0.2) is 29.2 Å². The van der Waals surface area contributed by atoms with Crippen LogP contribution < -0.4 is 0 Å². The number of rotatable bonds is 4. The average Bonchev–Trinajstić information content (AvgIpc) is 3.02. The Morgan fingerprint density at radius 2 is 2.00 bits per heavy atom. The number of carbonyl (C=O) groups is 3. The summed E-state index contributed by atoms with van der Waals surface area (Å²) in [7, 11) is 0. The molecular formula is C13H8O5S2. The first-order valence-corrected chi connectivity index (χ1v) is 7.36. The summed E-state index contributed by atoms with van der Waals surface area (Å²) in [5, 5.41) is 10.2. The van der Waals surface area contributed by atoms with Gasteiger partial charge in [0.25, 0.3) is 0 Å². The van der Waals surface area contributed by atoms with Gasteiger partial charge < -0.3 is 9.84 Å². The zero-order valence-electron chi connectivity index (χ0n) is 10.0. The normalized spacial score (nSPS) is 13.2. The fraction of sp³-hybridized carbons (Fsp3) is 0.154. The number of hydrogen-bond donors (Lipinski definition) is 1. The van der Waals surface area contributed by atoms with Crippen molar-refractivity contribution < 1.29 is 24.2 Å². The van der Waals surface area contributed by atoms with Gasteiger partial charge >= 0.3 is 5.97 Å². The van der Waals surface area contributed by atoms with Crippen molar-refractivity contribution >= 4 is 40.2 Å². The molecule has 0 atom stereocenters. The molecular weight excluding hydrogens is 300 g/mol. The quantitative estimate of drug-likeness (QED) is 0.799. The molecule has 0 amide bonds. The Hall–Kier alpha value is -1.83. The highest BCUT2D eigenvalue weighted by Gasteiger charge is 2.32. The molecule has 0 spiro atoms. The molecule has 20 heavy (non-hydrogen) atoms. The molecule has 0 saturated carbocycles. The van der Waals surface area contributed by atoms with E-state index in [2.05, 4.69) is 0 Å².